The number of benzene rings is 14. The molecule has 14 aromatic carbocycles. The van der Waals surface area contributed by atoms with Crippen LogP contribution < -0.4 is 29.6 Å². The molecule has 0 fully saturated rings. The van der Waals surface area contributed by atoms with Crippen LogP contribution in [0.3, 0.4) is 0 Å². The minimum Gasteiger partial charge on any atom is -1.00 e. The average molecular weight is 1540 g/mol. The number of hydrogen-bond donors (Lipinski definition) is 1. The van der Waals surface area contributed by atoms with Gasteiger partial charge in [0.15, 0.2) is 0 Å². The SMILES string of the molecule is Fc1ccc(F)c(-c2cccc(-c3cccc(-c4cc(F)ccc4F)n3)n2)c1.[H-].[Na+].c1cc(-c2cccc(-c3cc(-n4c5ccccc5c5ccccc54)ccc3-n3c4ccccc4c4ccccc43)n2)nc(-c2cc(-n3c4ccccc4c4ccccc43)ccc2-n2c3ccccc3c3ccccc32)c1.c1ccc2c(c1)[nH]c1ccccc12. The molecule has 118 heavy (non-hydrogen) atoms. The van der Waals surface area contributed by atoms with Gasteiger partial charge in [-0.3, -0.25) is 0 Å². The van der Waals surface area contributed by atoms with Crippen molar-refractivity contribution >= 4 is 109 Å². The van der Waals surface area contributed by atoms with Gasteiger partial charge >= 0.3 is 29.6 Å². The molecule has 0 radical (unpaired) electrons. The quantitative estimate of drug-likeness (QED) is 0.109. The minimum absolute atomic E-state index is 0. The van der Waals surface area contributed by atoms with Crippen molar-refractivity contribution in [2.24, 2.45) is 0 Å². The Morgan fingerprint density at radius 3 is 0.729 bits per heavy atom. The van der Waals surface area contributed by atoms with Crippen LogP contribution in [-0.2, 0) is 0 Å². The monoisotopic (exact) mass is 1540 g/mol. The first kappa shape index (κ1) is 72.4. The van der Waals surface area contributed by atoms with E-state index >= 15 is 0 Å². The van der Waals surface area contributed by atoms with Crippen LogP contribution in [0.2, 0.25) is 0 Å². The van der Waals surface area contributed by atoms with E-state index in [1.165, 1.54) is 64.9 Å². The Morgan fingerprint density at radius 1 is 0.203 bits per heavy atom. The number of halogens is 4. The Hall–Kier alpha value is -14.6. The molecular weight excluding hydrogens is 1470 g/mol. The van der Waals surface area contributed by atoms with Crippen molar-refractivity contribution < 1.29 is 48.5 Å². The van der Waals surface area contributed by atoms with Gasteiger partial charge in [-0.25, -0.2) is 37.5 Å². The molecule has 9 heterocycles. The summed E-state index contributed by atoms with van der Waals surface area (Å²) in [5, 5.41) is 12.3. The van der Waals surface area contributed by atoms with Gasteiger partial charge in [0.2, 0.25) is 0 Å². The van der Waals surface area contributed by atoms with Crippen molar-refractivity contribution in [3.63, 3.8) is 0 Å². The first-order valence-corrected chi connectivity index (χ1v) is 38.7. The molecule has 0 spiro atoms. The first-order chi connectivity index (χ1) is 57.7. The van der Waals surface area contributed by atoms with E-state index in [0.29, 0.717) is 11.4 Å². The fraction of sp³-hybridized carbons (Fsp3) is 0. The van der Waals surface area contributed by atoms with Gasteiger partial charge in [-0.2, -0.15) is 0 Å². The largest absolute Gasteiger partial charge is 1.00 e. The molecule has 0 amide bonds. The minimum atomic E-state index is -0.602. The number of H-pyrrole nitrogens is 1. The Kier molecular flexibility index (Phi) is 18.6. The summed E-state index contributed by atoms with van der Waals surface area (Å²) in [6.45, 7) is 0. The maximum absolute atomic E-state index is 14.1. The average Bonchev–Trinajstić information content (AvgIpc) is 1.61. The Labute approximate surface area is 697 Å². The van der Waals surface area contributed by atoms with Crippen molar-refractivity contribution in [1.29, 1.82) is 0 Å². The predicted molar refractivity (Wildman–Crippen MR) is 471 cm³/mol. The zero-order valence-electron chi connectivity index (χ0n) is 64.5. The van der Waals surface area contributed by atoms with Crippen LogP contribution >= 0.6 is 0 Å². The molecule has 0 unspecified atom stereocenters. The molecule has 0 saturated heterocycles. The van der Waals surface area contributed by atoms with Crippen LogP contribution in [0.25, 0.3) is 200 Å². The molecule has 9 aromatic heterocycles. The summed E-state index contributed by atoms with van der Waals surface area (Å²) in [5.74, 6) is -2.36. The van der Waals surface area contributed by atoms with Crippen molar-refractivity contribution in [2.75, 3.05) is 0 Å². The Balaban J connectivity index is 0.000000178. The van der Waals surface area contributed by atoms with Crippen molar-refractivity contribution in [3.05, 3.63) is 412 Å². The zero-order chi connectivity index (χ0) is 78.2. The van der Waals surface area contributed by atoms with Gasteiger partial charge in [0.1, 0.15) is 23.3 Å². The van der Waals surface area contributed by atoms with Crippen LogP contribution in [0.4, 0.5) is 17.6 Å². The van der Waals surface area contributed by atoms with E-state index in [2.05, 4.69) is 349 Å². The molecule has 0 atom stereocenters. The first-order valence-electron chi connectivity index (χ1n) is 38.7. The van der Waals surface area contributed by atoms with Crippen LogP contribution in [0.15, 0.2) is 388 Å². The summed E-state index contributed by atoms with van der Waals surface area (Å²) in [6, 6.07) is 129. The molecule has 9 nitrogen and oxygen atoms in total. The number of rotatable bonds is 10. The van der Waals surface area contributed by atoms with Gasteiger partial charge in [0, 0.05) is 98.5 Å². The van der Waals surface area contributed by atoms with E-state index in [0.717, 1.165) is 137 Å². The second-order valence-electron chi connectivity index (χ2n) is 29.0. The fourth-order valence-corrected chi connectivity index (χ4v) is 17.0. The third kappa shape index (κ3) is 12.7. The van der Waals surface area contributed by atoms with E-state index in [1.54, 1.807) is 36.4 Å². The normalized spacial score (nSPS) is 11.5. The standard InChI is InChI=1S/C70H44N6.C22H12F4N2.C12H9N.Na.H/c1-9-31-61-47(19-1)48-20-2-10-32-62(48)73(61)45-39-41-69(75-65-35-13-5-23-51(65)52-24-6-14-36-66(52)75)55(43-45)57-27-17-29-59(71-57)60-30-18-28-58(72-60)56-44-46(74-63-33-11-3-21-49(63)50-22-4-12-34-64(50)74)40-42-70(56)76-67-37-15-7-25-53(67)54-26-8-16-38-68(54)76;23-13-7-9-17(25)15(11-13)19-3-1-5-21(27-19)22-6-2-4-20(28-22)16-12-14(24)8-10-18(16)26;1-3-7-11-9(5-1)10-6-2-4-8-12(10)13-11;;/h1-44H;1-12H;1-8,13H;;/q;;;+1;-1. The number of aromatic nitrogens is 9. The number of hydrogen-bond acceptors (Lipinski definition) is 4. The van der Waals surface area contributed by atoms with Gasteiger partial charge < -0.3 is 24.7 Å². The molecule has 0 aliphatic carbocycles. The van der Waals surface area contributed by atoms with Crippen molar-refractivity contribution in [3.8, 4) is 90.6 Å². The van der Waals surface area contributed by atoms with E-state index in [4.69, 9.17) is 9.97 Å². The molecule has 14 heteroatoms. The molecule has 0 bridgehead atoms. The van der Waals surface area contributed by atoms with Crippen LogP contribution in [0.5, 0.6) is 0 Å². The molecule has 23 rings (SSSR count). The summed E-state index contributed by atoms with van der Waals surface area (Å²) in [7, 11) is 0. The summed E-state index contributed by atoms with van der Waals surface area (Å²) in [6.07, 6.45) is 0. The maximum Gasteiger partial charge on any atom is 1.00 e. The maximum atomic E-state index is 14.1. The number of nitrogens with one attached hydrogen (secondary N) is 1. The van der Waals surface area contributed by atoms with Crippen LogP contribution in [0.1, 0.15) is 1.43 Å². The summed E-state index contributed by atoms with van der Waals surface area (Å²) < 4.78 is 64.7. The molecule has 0 aliphatic heterocycles. The van der Waals surface area contributed by atoms with Gasteiger partial charge in [-0.15, -0.1) is 0 Å². The number of fused-ring (bicyclic) bond motifs is 15. The Bertz CT molecular complexity index is 7220. The zero-order valence-corrected chi connectivity index (χ0v) is 65.5. The summed E-state index contributed by atoms with van der Waals surface area (Å²) in [4.78, 5) is 23.3. The molecule has 0 aliphatic rings. The predicted octanol–water partition coefficient (Wildman–Crippen LogP) is 24.3. The third-order valence-electron chi connectivity index (χ3n) is 22.2. The van der Waals surface area contributed by atoms with Crippen LogP contribution in [-0.4, -0.2) is 43.2 Å². The molecule has 556 valence electrons. The fourth-order valence-electron chi connectivity index (χ4n) is 17.0. The van der Waals surface area contributed by atoms with Crippen LogP contribution in [0, 0.1) is 23.3 Å². The number of pyridine rings is 4. The molecular formula is C104H66F4N9Na. The third-order valence-corrected chi connectivity index (χ3v) is 22.2. The van der Waals surface area contributed by atoms with Gasteiger partial charge in [-0.1, -0.05) is 206 Å². The molecule has 23 aromatic rings. The van der Waals surface area contributed by atoms with Crippen molar-refractivity contribution in [1.82, 2.24) is 43.2 Å². The number of nitrogens with zero attached hydrogens (tertiary/aromatic N) is 8. The Morgan fingerprint density at radius 2 is 0.441 bits per heavy atom. The summed E-state index contributed by atoms with van der Waals surface area (Å²) in [5.41, 5.74) is 22.4. The van der Waals surface area contributed by atoms with E-state index in [9.17, 15) is 17.6 Å². The topological polar surface area (TPSA) is 87.1 Å². The van der Waals surface area contributed by atoms with Gasteiger partial charge in [-0.05, 0) is 182 Å². The van der Waals surface area contributed by atoms with Gasteiger partial charge in [0.25, 0.3) is 0 Å². The van der Waals surface area contributed by atoms with E-state index in [-0.39, 0.29) is 53.5 Å². The molecule has 0 saturated carbocycles. The smallest absolute Gasteiger partial charge is 1.00 e. The second kappa shape index (κ2) is 30.3. The summed E-state index contributed by atoms with van der Waals surface area (Å²) >= 11 is 0. The molecule has 1 N–H and O–H groups in total. The van der Waals surface area contributed by atoms with Gasteiger partial charge in [0.05, 0.1) is 101 Å². The number of para-hydroxylation sites is 10. The number of aromatic amines is 1. The van der Waals surface area contributed by atoms with E-state index < -0.39 is 23.3 Å². The van der Waals surface area contributed by atoms with Crippen molar-refractivity contribution in [2.45, 2.75) is 0 Å². The van der Waals surface area contributed by atoms with E-state index in [1.807, 2.05) is 0 Å². The second-order valence-corrected chi connectivity index (χ2v) is 29.0.